The van der Waals surface area contributed by atoms with Crippen LogP contribution in [0.25, 0.3) is 10.9 Å². The van der Waals surface area contributed by atoms with Gasteiger partial charge in [-0.1, -0.05) is 22.0 Å². The highest BCUT2D eigenvalue weighted by Gasteiger charge is 2.26. The molecule has 3 aromatic rings. The van der Waals surface area contributed by atoms with E-state index in [9.17, 15) is 8.42 Å². The van der Waals surface area contributed by atoms with E-state index in [1.165, 1.54) is 4.31 Å². The molecule has 1 aliphatic heterocycles. The van der Waals surface area contributed by atoms with Crippen molar-refractivity contribution >= 4 is 48.8 Å². The number of nitrogens with zero attached hydrogens (tertiary/aromatic N) is 2. The lowest BCUT2D eigenvalue weighted by Gasteiger charge is -2.26. The van der Waals surface area contributed by atoms with Crippen LogP contribution >= 0.6 is 15.9 Å². The largest absolute Gasteiger partial charge is 0.379 e. The number of fused-ring (bicyclic) bond motifs is 1. The molecule has 1 aliphatic rings. The maximum atomic E-state index is 12.8. The molecule has 0 saturated carbocycles. The Morgan fingerprint density at radius 3 is 2.75 bits per heavy atom. The summed E-state index contributed by atoms with van der Waals surface area (Å²) < 4.78 is 33.4. The third-order valence-electron chi connectivity index (χ3n) is 4.77. The Balaban J connectivity index is 1.66. The highest BCUT2D eigenvalue weighted by Crippen LogP contribution is 2.26. The van der Waals surface area contributed by atoms with E-state index >= 15 is 0 Å². The molecule has 1 N–H and O–H groups in total. The van der Waals surface area contributed by atoms with E-state index in [0.717, 1.165) is 26.6 Å². The van der Waals surface area contributed by atoms with E-state index in [1.54, 1.807) is 30.5 Å². The molecule has 0 unspecified atom stereocenters. The first kappa shape index (κ1) is 19.3. The lowest BCUT2D eigenvalue weighted by atomic mass is 10.1. The molecule has 2 heterocycles. The van der Waals surface area contributed by atoms with Crippen molar-refractivity contribution in [3.05, 3.63) is 58.2 Å². The summed E-state index contributed by atoms with van der Waals surface area (Å²) in [5, 5.41) is 1.06. The van der Waals surface area contributed by atoms with Gasteiger partial charge in [0.05, 0.1) is 23.8 Å². The molecule has 0 aliphatic carbocycles. The van der Waals surface area contributed by atoms with E-state index in [0.29, 0.717) is 32.0 Å². The molecule has 0 spiro atoms. The Labute approximate surface area is 172 Å². The van der Waals surface area contributed by atoms with Gasteiger partial charge in [-0.2, -0.15) is 4.31 Å². The van der Waals surface area contributed by atoms with Crippen molar-refractivity contribution in [2.45, 2.75) is 11.8 Å². The zero-order valence-corrected chi connectivity index (χ0v) is 17.8. The molecule has 2 aromatic carbocycles. The third-order valence-corrected chi connectivity index (χ3v) is 7.15. The number of nitrogens with one attached hydrogen (secondary N) is 1. The number of hydrogen-bond donors (Lipinski definition) is 1. The van der Waals surface area contributed by atoms with Gasteiger partial charge in [0.2, 0.25) is 10.0 Å². The van der Waals surface area contributed by atoms with Crippen molar-refractivity contribution in [1.82, 2.24) is 9.29 Å². The summed E-state index contributed by atoms with van der Waals surface area (Å²) in [6, 6.07) is 12.8. The van der Waals surface area contributed by atoms with Gasteiger partial charge in [0.1, 0.15) is 0 Å². The second kappa shape index (κ2) is 7.79. The number of morpholine rings is 1. The number of halogens is 1. The topological polar surface area (TPSA) is 74.8 Å². The normalized spacial score (nSPS) is 16.2. The third kappa shape index (κ3) is 3.77. The highest BCUT2D eigenvalue weighted by molar-refractivity contribution is 9.10. The maximum absolute atomic E-state index is 12.8. The lowest BCUT2D eigenvalue weighted by molar-refractivity contribution is 0.0730. The van der Waals surface area contributed by atoms with Crippen LogP contribution in [0.2, 0.25) is 0 Å². The minimum atomic E-state index is -3.54. The fraction of sp³-hybridized carbons (Fsp3) is 0.250. The number of aliphatic imine (C=N–C) groups is 1. The first-order chi connectivity index (χ1) is 13.4. The van der Waals surface area contributed by atoms with Crippen LogP contribution in [0.4, 0.5) is 5.69 Å². The van der Waals surface area contributed by atoms with Gasteiger partial charge in [0.25, 0.3) is 0 Å². The van der Waals surface area contributed by atoms with Crippen LogP contribution < -0.4 is 0 Å². The van der Waals surface area contributed by atoms with E-state index < -0.39 is 10.0 Å². The SMILES string of the molecule is Cc1[nH]c2ccc(Br)cc2c1C=Nc1cccc(S(=O)(=O)N2CCOCC2)c1. The zero-order chi connectivity index (χ0) is 19.7. The number of H-pyrrole nitrogens is 1. The molecule has 0 atom stereocenters. The molecule has 8 heteroatoms. The number of rotatable bonds is 4. The summed E-state index contributed by atoms with van der Waals surface area (Å²) >= 11 is 3.50. The lowest BCUT2D eigenvalue weighted by Crippen LogP contribution is -2.40. The molecule has 4 rings (SSSR count). The molecule has 0 bridgehead atoms. The molecule has 146 valence electrons. The van der Waals surface area contributed by atoms with Crippen molar-refractivity contribution in [2.75, 3.05) is 26.3 Å². The smallest absolute Gasteiger partial charge is 0.243 e. The first-order valence-corrected chi connectivity index (χ1v) is 11.2. The maximum Gasteiger partial charge on any atom is 0.243 e. The van der Waals surface area contributed by atoms with Crippen LogP contribution in [0.1, 0.15) is 11.3 Å². The van der Waals surface area contributed by atoms with Crippen molar-refractivity contribution in [3.8, 4) is 0 Å². The molecular formula is C20H20BrN3O3S. The van der Waals surface area contributed by atoms with Crippen molar-refractivity contribution in [3.63, 3.8) is 0 Å². The van der Waals surface area contributed by atoms with E-state index in [-0.39, 0.29) is 4.90 Å². The fourth-order valence-corrected chi connectivity index (χ4v) is 5.09. The van der Waals surface area contributed by atoms with Gasteiger partial charge in [-0.05, 0) is 43.3 Å². The standard InChI is InChI=1S/C20H20BrN3O3S/c1-14-19(18-11-15(21)5-6-20(18)23-14)13-22-16-3-2-4-17(12-16)28(25,26)24-7-9-27-10-8-24/h2-6,11-13,23H,7-10H2,1H3. The molecule has 28 heavy (non-hydrogen) atoms. The molecule has 1 aromatic heterocycles. The number of hydrogen-bond acceptors (Lipinski definition) is 4. The van der Waals surface area contributed by atoms with Gasteiger partial charge in [-0.3, -0.25) is 4.99 Å². The van der Waals surface area contributed by atoms with Crippen LogP contribution in [-0.2, 0) is 14.8 Å². The van der Waals surface area contributed by atoms with E-state index in [1.807, 2.05) is 25.1 Å². The summed E-state index contributed by atoms with van der Waals surface area (Å²) in [6.07, 6.45) is 1.78. The quantitative estimate of drug-likeness (QED) is 0.596. The number of aromatic nitrogens is 1. The molecular weight excluding hydrogens is 442 g/mol. The van der Waals surface area contributed by atoms with Crippen LogP contribution in [0, 0.1) is 6.92 Å². The van der Waals surface area contributed by atoms with Crippen molar-refractivity contribution in [1.29, 1.82) is 0 Å². The van der Waals surface area contributed by atoms with Gasteiger partial charge >= 0.3 is 0 Å². The minimum Gasteiger partial charge on any atom is -0.379 e. The predicted molar refractivity (Wildman–Crippen MR) is 114 cm³/mol. The Kier molecular flexibility index (Phi) is 5.37. The van der Waals surface area contributed by atoms with Crippen LogP contribution in [-0.4, -0.2) is 50.2 Å². The van der Waals surface area contributed by atoms with Crippen molar-refractivity contribution in [2.24, 2.45) is 4.99 Å². The van der Waals surface area contributed by atoms with Gasteiger partial charge in [0.15, 0.2) is 0 Å². The van der Waals surface area contributed by atoms with E-state index in [2.05, 4.69) is 25.9 Å². The van der Waals surface area contributed by atoms with Gasteiger partial charge < -0.3 is 9.72 Å². The molecule has 1 saturated heterocycles. The van der Waals surface area contributed by atoms with Gasteiger partial charge in [-0.25, -0.2) is 8.42 Å². The number of aromatic amines is 1. The number of sulfonamides is 1. The summed E-state index contributed by atoms with van der Waals surface area (Å²) in [5.41, 5.74) is 3.62. The van der Waals surface area contributed by atoms with Crippen molar-refractivity contribution < 1.29 is 13.2 Å². The second-order valence-electron chi connectivity index (χ2n) is 6.63. The summed E-state index contributed by atoms with van der Waals surface area (Å²) in [5.74, 6) is 0. The zero-order valence-electron chi connectivity index (χ0n) is 15.4. The fourth-order valence-electron chi connectivity index (χ4n) is 3.29. The Morgan fingerprint density at radius 2 is 1.96 bits per heavy atom. The second-order valence-corrected chi connectivity index (χ2v) is 9.48. The molecule has 0 radical (unpaired) electrons. The Hall–Kier alpha value is -2.00. The summed E-state index contributed by atoms with van der Waals surface area (Å²) in [6.45, 7) is 3.59. The Morgan fingerprint density at radius 1 is 1.18 bits per heavy atom. The molecule has 6 nitrogen and oxygen atoms in total. The summed E-state index contributed by atoms with van der Waals surface area (Å²) in [7, 11) is -3.54. The average Bonchev–Trinajstić information content (AvgIpc) is 3.01. The first-order valence-electron chi connectivity index (χ1n) is 8.95. The predicted octanol–water partition coefficient (Wildman–Crippen LogP) is 4.01. The molecule has 0 amide bonds. The van der Waals surface area contributed by atoms with Crippen LogP contribution in [0.15, 0.2) is 56.8 Å². The average molecular weight is 462 g/mol. The molecule has 1 fully saturated rings. The van der Waals surface area contributed by atoms with Gasteiger partial charge in [0, 0.05) is 45.9 Å². The number of benzene rings is 2. The van der Waals surface area contributed by atoms with E-state index in [4.69, 9.17) is 4.74 Å². The highest BCUT2D eigenvalue weighted by atomic mass is 79.9. The van der Waals surface area contributed by atoms with Gasteiger partial charge in [-0.15, -0.1) is 0 Å². The minimum absolute atomic E-state index is 0.252. The monoisotopic (exact) mass is 461 g/mol. The Bertz CT molecular complexity index is 1150. The number of ether oxygens (including phenoxy) is 1. The van der Waals surface area contributed by atoms with Crippen LogP contribution in [0.3, 0.4) is 0 Å². The van der Waals surface area contributed by atoms with Crippen LogP contribution in [0.5, 0.6) is 0 Å². The number of aryl methyl sites for hydroxylation is 1. The summed E-state index contributed by atoms with van der Waals surface area (Å²) in [4.78, 5) is 8.14.